The molecule has 0 radical (unpaired) electrons. The van der Waals surface area contributed by atoms with E-state index in [2.05, 4.69) is 0 Å². The van der Waals surface area contributed by atoms with Crippen molar-refractivity contribution in [3.63, 3.8) is 0 Å². The minimum atomic E-state index is -4.45. The number of hydrogen-bond acceptors (Lipinski definition) is 1. The lowest BCUT2D eigenvalue weighted by molar-refractivity contribution is -0.137. The molecule has 0 atom stereocenters. The van der Waals surface area contributed by atoms with E-state index in [0.717, 1.165) is 12.5 Å². The average molecular weight is 251 g/mol. The number of alkyl halides is 3. The Morgan fingerprint density at radius 2 is 1.88 bits per heavy atom. The van der Waals surface area contributed by atoms with Gasteiger partial charge < -0.3 is 5.11 Å². The molecule has 88 valence electrons. The van der Waals surface area contributed by atoms with Gasteiger partial charge in [-0.1, -0.05) is 17.7 Å². The van der Waals surface area contributed by atoms with Crippen molar-refractivity contribution in [1.82, 2.24) is 0 Å². The van der Waals surface area contributed by atoms with Crippen LogP contribution < -0.4 is 0 Å². The van der Waals surface area contributed by atoms with Gasteiger partial charge in [0.15, 0.2) is 0 Å². The summed E-state index contributed by atoms with van der Waals surface area (Å²) in [6.07, 6.45) is -2.41. The molecule has 0 bridgehead atoms. The molecule has 0 saturated heterocycles. The third kappa shape index (κ3) is 1.92. The molecule has 0 amide bonds. The molecular formula is C11H10ClF3O. The maximum Gasteiger partial charge on any atom is 0.417 e. The van der Waals surface area contributed by atoms with Crippen LogP contribution in [0.4, 0.5) is 13.2 Å². The summed E-state index contributed by atoms with van der Waals surface area (Å²) >= 11 is 5.57. The minimum Gasteiger partial charge on any atom is -0.385 e. The number of halogens is 4. The molecule has 1 N–H and O–H groups in total. The van der Waals surface area contributed by atoms with Crippen molar-refractivity contribution in [2.45, 2.75) is 31.0 Å². The Hall–Kier alpha value is -0.740. The monoisotopic (exact) mass is 250 g/mol. The summed E-state index contributed by atoms with van der Waals surface area (Å²) in [7, 11) is 0. The zero-order valence-electron chi connectivity index (χ0n) is 8.31. The molecule has 1 saturated carbocycles. The molecule has 1 nitrogen and oxygen atoms in total. The maximum absolute atomic E-state index is 12.4. The molecular weight excluding hydrogens is 241 g/mol. The van der Waals surface area contributed by atoms with Crippen LogP contribution >= 0.6 is 11.6 Å². The highest BCUT2D eigenvalue weighted by Gasteiger charge is 2.38. The van der Waals surface area contributed by atoms with Crippen LogP contribution in [-0.2, 0) is 11.8 Å². The molecule has 1 aliphatic rings. The average Bonchev–Trinajstić information content (AvgIpc) is 2.12. The third-order valence-corrected chi connectivity index (χ3v) is 3.31. The topological polar surface area (TPSA) is 20.2 Å². The van der Waals surface area contributed by atoms with E-state index < -0.39 is 17.3 Å². The lowest BCUT2D eigenvalue weighted by atomic mass is 9.75. The molecule has 5 heteroatoms. The fourth-order valence-electron chi connectivity index (χ4n) is 1.83. The minimum absolute atomic E-state index is 0.356. The first-order valence-corrected chi connectivity index (χ1v) is 5.30. The molecule has 1 aromatic rings. The Bertz CT molecular complexity index is 410. The lowest BCUT2D eigenvalue weighted by Crippen LogP contribution is -2.33. The lowest BCUT2D eigenvalue weighted by Gasteiger charge is -2.37. The number of benzene rings is 1. The standard InChI is InChI=1S/C11H10ClF3O/c12-9-6-7(10(16)4-1-5-10)2-3-8(9)11(13,14)15/h2-3,6,16H,1,4-5H2. The van der Waals surface area contributed by atoms with E-state index in [-0.39, 0.29) is 5.02 Å². The highest BCUT2D eigenvalue weighted by atomic mass is 35.5. The maximum atomic E-state index is 12.4. The van der Waals surface area contributed by atoms with Crippen LogP contribution in [0.5, 0.6) is 0 Å². The highest BCUT2D eigenvalue weighted by Crippen LogP contribution is 2.43. The third-order valence-electron chi connectivity index (χ3n) is 2.99. The van der Waals surface area contributed by atoms with Crippen LogP contribution in [0.3, 0.4) is 0 Å². The van der Waals surface area contributed by atoms with Crippen molar-refractivity contribution in [3.05, 3.63) is 34.3 Å². The molecule has 1 aromatic carbocycles. The zero-order valence-corrected chi connectivity index (χ0v) is 9.07. The van der Waals surface area contributed by atoms with Gasteiger partial charge in [-0.3, -0.25) is 0 Å². The molecule has 16 heavy (non-hydrogen) atoms. The molecule has 0 aromatic heterocycles. The quantitative estimate of drug-likeness (QED) is 0.805. The smallest absolute Gasteiger partial charge is 0.385 e. The molecule has 0 spiro atoms. The fourth-order valence-corrected chi connectivity index (χ4v) is 2.12. The van der Waals surface area contributed by atoms with Crippen molar-refractivity contribution < 1.29 is 18.3 Å². The SMILES string of the molecule is OC1(c2ccc(C(F)(F)F)c(Cl)c2)CCC1. The van der Waals surface area contributed by atoms with Gasteiger partial charge in [-0.05, 0) is 37.0 Å². The van der Waals surface area contributed by atoms with E-state index in [1.807, 2.05) is 0 Å². The number of rotatable bonds is 1. The van der Waals surface area contributed by atoms with E-state index in [1.54, 1.807) is 0 Å². The number of hydrogen-bond donors (Lipinski definition) is 1. The van der Waals surface area contributed by atoms with Crippen LogP contribution in [0.2, 0.25) is 5.02 Å². The summed E-state index contributed by atoms with van der Waals surface area (Å²) in [4.78, 5) is 0. The van der Waals surface area contributed by atoms with Crippen LogP contribution in [0.1, 0.15) is 30.4 Å². The largest absolute Gasteiger partial charge is 0.417 e. The highest BCUT2D eigenvalue weighted by molar-refractivity contribution is 6.31. The van der Waals surface area contributed by atoms with E-state index in [1.165, 1.54) is 12.1 Å². The van der Waals surface area contributed by atoms with Crippen molar-refractivity contribution >= 4 is 11.6 Å². The second-order valence-corrected chi connectivity index (χ2v) is 4.48. The van der Waals surface area contributed by atoms with Gasteiger partial charge in [0.05, 0.1) is 16.2 Å². The Morgan fingerprint density at radius 3 is 2.25 bits per heavy atom. The van der Waals surface area contributed by atoms with Gasteiger partial charge in [0.2, 0.25) is 0 Å². The van der Waals surface area contributed by atoms with Gasteiger partial charge in [-0.15, -0.1) is 0 Å². The van der Waals surface area contributed by atoms with Gasteiger partial charge in [0.1, 0.15) is 0 Å². The van der Waals surface area contributed by atoms with Crippen LogP contribution in [0.25, 0.3) is 0 Å². The van der Waals surface area contributed by atoms with Gasteiger partial charge in [0, 0.05) is 0 Å². The van der Waals surface area contributed by atoms with E-state index >= 15 is 0 Å². The van der Waals surface area contributed by atoms with Gasteiger partial charge >= 0.3 is 6.18 Å². The molecule has 2 rings (SSSR count). The van der Waals surface area contributed by atoms with Crippen molar-refractivity contribution in [3.8, 4) is 0 Å². The van der Waals surface area contributed by atoms with Crippen molar-refractivity contribution in [2.75, 3.05) is 0 Å². The first-order valence-electron chi connectivity index (χ1n) is 4.92. The second-order valence-electron chi connectivity index (χ2n) is 4.08. The summed E-state index contributed by atoms with van der Waals surface area (Å²) in [5.74, 6) is 0. The first kappa shape index (κ1) is 11.7. The molecule has 0 unspecified atom stereocenters. The predicted molar refractivity (Wildman–Crippen MR) is 54.2 cm³/mol. The summed E-state index contributed by atoms with van der Waals surface area (Å²) in [5.41, 5.74) is -1.37. The van der Waals surface area contributed by atoms with E-state index in [9.17, 15) is 18.3 Å². The summed E-state index contributed by atoms with van der Waals surface area (Å²) in [6.45, 7) is 0. The molecule has 1 fully saturated rings. The fraction of sp³-hybridized carbons (Fsp3) is 0.455. The van der Waals surface area contributed by atoms with Gasteiger partial charge in [-0.2, -0.15) is 13.2 Å². The Labute approximate surface area is 95.8 Å². The Balaban J connectivity index is 2.37. The number of aliphatic hydroxyl groups is 1. The Kier molecular flexibility index (Phi) is 2.67. The first-order chi connectivity index (χ1) is 7.33. The van der Waals surface area contributed by atoms with Gasteiger partial charge in [0.25, 0.3) is 0 Å². The normalized spacial score (nSPS) is 19.3. The summed E-state index contributed by atoms with van der Waals surface area (Å²) < 4.78 is 37.3. The van der Waals surface area contributed by atoms with Crippen LogP contribution in [0, 0.1) is 0 Å². The predicted octanol–water partition coefficient (Wildman–Crippen LogP) is 3.73. The summed E-state index contributed by atoms with van der Waals surface area (Å²) in [5, 5.41) is 9.60. The molecule has 1 aliphatic carbocycles. The Morgan fingerprint density at radius 1 is 1.25 bits per heavy atom. The zero-order chi connectivity index (χ0) is 12.0. The van der Waals surface area contributed by atoms with E-state index in [0.29, 0.717) is 18.4 Å². The molecule has 0 heterocycles. The summed E-state index contributed by atoms with van der Waals surface area (Å²) in [6, 6.07) is 3.44. The van der Waals surface area contributed by atoms with E-state index in [4.69, 9.17) is 11.6 Å². The molecule has 0 aliphatic heterocycles. The van der Waals surface area contributed by atoms with Crippen LogP contribution in [-0.4, -0.2) is 5.11 Å². The van der Waals surface area contributed by atoms with Crippen LogP contribution in [0.15, 0.2) is 18.2 Å². The van der Waals surface area contributed by atoms with Gasteiger partial charge in [-0.25, -0.2) is 0 Å². The second kappa shape index (κ2) is 3.64. The van der Waals surface area contributed by atoms with Crippen molar-refractivity contribution in [1.29, 1.82) is 0 Å². The van der Waals surface area contributed by atoms with Crippen molar-refractivity contribution in [2.24, 2.45) is 0 Å².